The Hall–Kier alpha value is -1.74. The summed E-state index contributed by atoms with van der Waals surface area (Å²) in [7, 11) is -3.33. The first kappa shape index (κ1) is 24.9. The van der Waals surface area contributed by atoms with Crippen LogP contribution in [-0.2, 0) is 19.7 Å². The minimum Gasteiger partial charge on any atom is -0.310 e. The third kappa shape index (κ3) is 5.60. The molecule has 2 aromatic carbocycles. The zero-order chi connectivity index (χ0) is 23.7. The van der Waals surface area contributed by atoms with Crippen LogP contribution in [0.1, 0.15) is 42.5 Å². The smallest absolute Gasteiger partial charge is 0.183 e. The third-order valence-electron chi connectivity index (χ3n) is 6.23. The fourth-order valence-corrected chi connectivity index (χ4v) is 8.90. The highest BCUT2D eigenvalue weighted by Gasteiger charge is 2.45. The molecule has 0 saturated carbocycles. The lowest BCUT2D eigenvalue weighted by Gasteiger charge is -2.28. The molecule has 0 spiro atoms. The number of nitrogens with zero attached hydrogens (tertiary/aromatic N) is 1. The third-order valence-corrected chi connectivity index (χ3v) is 10.4. The fourth-order valence-electron chi connectivity index (χ4n) is 4.18. The quantitative estimate of drug-likeness (QED) is 0.628. The largest absolute Gasteiger partial charge is 0.310 e. The number of rotatable bonds is 8. The van der Waals surface area contributed by atoms with E-state index in [0.717, 1.165) is 16.7 Å². The molecule has 0 amide bonds. The monoisotopic (exact) mass is 478 g/mol. The number of hydrogen-bond donors (Lipinski definition) is 1. The number of sulfone groups is 2. The van der Waals surface area contributed by atoms with Crippen LogP contribution in [0.25, 0.3) is 0 Å². The predicted octanol–water partition coefficient (Wildman–Crippen LogP) is 2.95. The Balaban J connectivity index is 1.83. The molecule has 1 heterocycles. The van der Waals surface area contributed by atoms with Crippen LogP contribution in [0.3, 0.4) is 0 Å². The van der Waals surface area contributed by atoms with Gasteiger partial charge in [0.25, 0.3) is 0 Å². The van der Waals surface area contributed by atoms with Crippen LogP contribution in [0.2, 0.25) is 0 Å². The first-order chi connectivity index (χ1) is 14.9. The molecule has 8 heteroatoms. The van der Waals surface area contributed by atoms with Crippen LogP contribution >= 0.6 is 0 Å². The molecule has 1 unspecified atom stereocenters. The van der Waals surface area contributed by atoms with Crippen molar-refractivity contribution in [2.75, 3.05) is 32.1 Å². The molecule has 3 atom stereocenters. The van der Waals surface area contributed by atoms with Gasteiger partial charge in [-0.25, -0.2) is 16.8 Å². The van der Waals surface area contributed by atoms with E-state index >= 15 is 0 Å². The number of nitrogens with one attached hydrogen (secondary N) is 1. The van der Waals surface area contributed by atoms with Gasteiger partial charge in [-0.15, -0.1) is 0 Å². The first-order valence-electron chi connectivity index (χ1n) is 10.9. The van der Waals surface area contributed by atoms with Gasteiger partial charge < -0.3 is 10.2 Å². The van der Waals surface area contributed by atoms with Gasteiger partial charge in [0.1, 0.15) is 0 Å². The summed E-state index contributed by atoms with van der Waals surface area (Å²) in [6, 6.07) is 14.3. The maximum absolute atomic E-state index is 13.4. The molecule has 0 bridgehead atoms. The van der Waals surface area contributed by atoms with Crippen molar-refractivity contribution >= 4 is 19.7 Å². The van der Waals surface area contributed by atoms with Crippen LogP contribution in [0.4, 0.5) is 0 Å². The molecule has 1 saturated heterocycles. The number of hydrogen-bond acceptors (Lipinski definition) is 6. The van der Waals surface area contributed by atoms with E-state index in [0.29, 0.717) is 6.54 Å². The van der Waals surface area contributed by atoms with Crippen molar-refractivity contribution in [1.29, 1.82) is 0 Å². The molecule has 1 N–H and O–H groups in total. The Morgan fingerprint density at radius 2 is 1.53 bits per heavy atom. The molecule has 2 aromatic rings. The molecule has 1 aliphatic heterocycles. The molecule has 0 radical (unpaired) electrons. The van der Waals surface area contributed by atoms with Crippen molar-refractivity contribution < 1.29 is 16.8 Å². The summed E-state index contributed by atoms with van der Waals surface area (Å²) in [5.74, 6) is -0.233. The van der Waals surface area contributed by atoms with Crippen LogP contribution in [0, 0.1) is 6.92 Å². The SMILES string of the molecule is Cc1ccc(C(CN[C@H]2CS(=O)(=O)C[C@@H]2S(=O)(=O)c2ccc(C(C)C)cc2)N(C)C)cc1. The van der Waals surface area contributed by atoms with Gasteiger partial charge in [0.2, 0.25) is 0 Å². The Kier molecular flexibility index (Phi) is 7.49. The highest BCUT2D eigenvalue weighted by Crippen LogP contribution is 2.28. The molecular formula is C24H34N2O4S2. The maximum Gasteiger partial charge on any atom is 0.183 e. The molecule has 1 aliphatic rings. The van der Waals surface area contributed by atoms with Crippen molar-refractivity contribution in [1.82, 2.24) is 10.2 Å². The fraction of sp³-hybridized carbons (Fsp3) is 0.500. The average molecular weight is 479 g/mol. The van der Waals surface area contributed by atoms with Crippen LogP contribution in [0.5, 0.6) is 0 Å². The Morgan fingerprint density at radius 1 is 0.969 bits per heavy atom. The lowest BCUT2D eigenvalue weighted by Crippen LogP contribution is -2.46. The minimum absolute atomic E-state index is 0.00687. The molecule has 0 aromatic heterocycles. The standard InChI is InChI=1S/C24H34N2O4S2/c1-17(2)19-10-12-21(13-11-19)32(29,30)24-16-31(27,28)15-22(24)25-14-23(26(4)5)20-8-6-18(3)7-9-20/h6-13,17,22-25H,14-16H2,1-5H3/t22-,23?,24-/m0/s1. The Bertz CT molecular complexity index is 1120. The van der Waals surface area contributed by atoms with Gasteiger partial charge in [-0.1, -0.05) is 55.8 Å². The molecule has 3 rings (SSSR count). The normalized spacial score (nSPS) is 21.8. The van der Waals surface area contributed by atoms with E-state index in [1.54, 1.807) is 12.1 Å². The van der Waals surface area contributed by atoms with Crippen molar-refractivity contribution in [2.24, 2.45) is 0 Å². The summed E-state index contributed by atoms with van der Waals surface area (Å²) >= 11 is 0. The van der Waals surface area contributed by atoms with E-state index in [4.69, 9.17) is 0 Å². The summed E-state index contributed by atoms with van der Waals surface area (Å²) in [5.41, 5.74) is 3.30. The number of likely N-dealkylation sites (N-methyl/N-ethyl adjacent to an activating group) is 1. The van der Waals surface area contributed by atoms with E-state index in [-0.39, 0.29) is 28.4 Å². The van der Waals surface area contributed by atoms with Gasteiger partial charge in [-0.2, -0.15) is 0 Å². The van der Waals surface area contributed by atoms with Crippen molar-refractivity contribution in [3.63, 3.8) is 0 Å². The van der Waals surface area contributed by atoms with Gasteiger partial charge in [0, 0.05) is 18.6 Å². The van der Waals surface area contributed by atoms with Crippen molar-refractivity contribution in [3.8, 4) is 0 Å². The van der Waals surface area contributed by atoms with Gasteiger partial charge >= 0.3 is 0 Å². The second-order valence-corrected chi connectivity index (χ2v) is 13.6. The Morgan fingerprint density at radius 3 is 2.06 bits per heavy atom. The van der Waals surface area contributed by atoms with E-state index in [1.165, 1.54) is 0 Å². The Labute approximate surface area is 192 Å². The summed E-state index contributed by atoms with van der Waals surface area (Å²) in [6.45, 7) is 6.57. The molecule has 32 heavy (non-hydrogen) atoms. The maximum atomic E-state index is 13.4. The van der Waals surface area contributed by atoms with Gasteiger partial charge in [0.05, 0.1) is 21.7 Å². The van der Waals surface area contributed by atoms with E-state index in [1.807, 2.05) is 59.1 Å². The lowest BCUT2D eigenvalue weighted by atomic mass is 10.0. The van der Waals surface area contributed by atoms with Gasteiger partial charge in [-0.05, 0) is 50.2 Å². The zero-order valence-electron chi connectivity index (χ0n) is 19.4. The van der Waals surface area contributed by atoms with E-state index in [9.17, 15) is 16.8 Å². The second-order valence-electron chi connectivity index (χ2n) is 9.29. The predicted molar refractivity (Wildman–Crippen MR) is 130 cm³/mol. The van der Waals surface area contributed by atoms with Crippen molar-refractivity contribution in [2.45, 2.75) is 48.9 Å². The molecule has 0 aliphatic carbocycles. The van der Waals surface area contributed by atoms with Crippen molar-refractivity contribution in [3.05, 3.63) is 65.2 Å². The van der Waals surface area contributed by atoms with Gasteiger partial charge in [0.15, 0.2) is 19.7 Å². The summed E-state index contributed by atoms with van der Waals surface area (Å²) in [4.78, 5) is 2.23. The molecular weight excluding hydrogens is 444 g/mol. The molecule has 6 nitrogen and oxygen atoms in total. The number of benzene rings is 2. The van der Waals surface area contributed by atoms with Crippen LogP contribution in [-0.4, -0.2) is 65.2 Å². The molecule has 1 fully saturated rings. The number of aryl methyl sites for hydroxylation is 1. The summed E-state index contributed by atoms with van der Waals surface area (Å²) in [5, 5.41) is 2.29. The zero-order valence-corrected chi connectivity index (χ0v) is 21.1. The van der Waals surface area contributed by atoms with Crippen LogP contribution < -0.4 is 5.32 Å². The topological polar surface area (TPSA) is 83.5 Å². The van der Waals surface area contributed by atoms with Gasteiger partial charge in [-0.3, -0.25) is 0 Å². The lowest BCUT2D eigenvalue weighted by molar-refractivity contribution is 0.282. The highest BCUT2D eigenvalue weighted by atomic mass is 32.2. The molecule has 176 valence electrons. The average Bonchev–Trinajstić information content (AvgIpc) is 3.04. The summed E-state index contributed by atoms with van der Waals surface area (Å²) in [6.07, 6.45) is 0. The second kappa shape index (κ2) is 9.63. The first-order valence-corrected chi connectivity index (χ1v) is 14.3. The highest BCUT2D eigenvalue weighted by molar-refractivity contribution is 7.96. The van der Waals surface area contributed by atoms with E-state index < -0.39 is 31.0 Å². The summed E-state index contributed by atoms with van der Waals surface area (Å²) < 4.78 is 51.7. The minimum atomic E-state index is -3.80. The van der Waals surface area contributed by atoms with Crippen LogP contribution in [0.15, 0.2) is 53.4 Å². The van der Waals surface area contributed by atoms with E-state index in [2.05, 4.69) is 22.3 Å².